The number of ether oxygens (including phenoxy) is 2. The van der Waals surface area contributed by atoms with Gasteiger partial charge < -0.3 is 19.7 Å². The molecule has 0 saturated carbocycles. The van der Waals surface area contributed by atoms with E-state index in [1.807, 2.05) is 0 Å². The molecule has 6 nitrogen and oxygen atoms in total. The molecule has 0 saturated heterocycles. The summed E-state index contributed by atoms with van der Waals surface area (Å²) in [7, 11) is 1.38. The molecule has 31 heavy (non-hydrogen) atoms. The van der Waals surface area contributed by atoms with E-state index in [1.165, 1.54) is 25.3 Å². The maximum atomic E-state index is 13.0. The molecule has 0 aromatic heterocycles. The van der Waals surface area contributed by atoms with Crippen molar-refractivity contribution in [3.8, 4) is 11.5 Å². The van der Waals surface area contributed by atoms with Gasteiger partial charge in [0.25, 0.3) is 0 Å². The van der Waals surface area contributed by atoms with Crippen LogP contribution in [0.15, 0.2) is 48.5 Å². The molecule has 0 unspecified atom stereocenters. The van der Waals surface area contributed by atoms with E-state index in [9.17, 15) is 22.8 Å². The second-order valence-corrected chi connectivity index (χ2v) is 6.88. The molecule has 2 aromatic carbocycles. The average molecular weight is 434 g/mol. The Balaban J connectivity index is 1.60. The van der Waals surface area contributed by atoms with E-state index < -0.39 is 30.1 Å². The molecule has 0 spiro atoms. The minimum Gasteiger partial charge on any atom is -0.490 e. The number of hydrogen-bond donors (Lipinski definition) is 1. The third-order valence-electron chi connectivity index (χ3n) is 4.45. The fourth-order valence-corrected chi connectivity index (χ4v) is 2.90. The molecule has 9 heteroatoms. The van der Waals surface area contributed by atoms with Gasteiger partial charge in [0.05, 0.1) is 31.0 Å². The summed E-state index contributed by atoms with van der Waals surface area (Å²) < 4.78 is 50.3. The molecular weight excluding hydrogens is 413 g/mol. The SMILES string of the molecule is CN(CC(=O)Nc1ccccc1C(F)(F)F)C(=O)/C=C/c1ccc2c(c1)OCCCO2. The number of nitrogens with zero attached hydrogens (tertiary/aromatic N) is 1. The van der Waals surface area contributed by atoms with E-state index in [2.05, 4.69) is 5.32 Å². The quantitative estimate of drug-likeness (QED) is 0.723. The van der Waals surface area contributed by atoms with Gasteiger partial charge in [0.2, 0.25) is 11.8 Å². The first kappa shape index (κ1) is 22.2. The Kier molecular flexibility index (Phi) is 6.84. The van der Waals surface area contributed by atoms with Crippen molar-refractivity contribution in [3.63, 3.8) is 0 Å². The van der Waals surface area contributed by atoms with E-state index in [-0.39, 0.29) is 5.69 Å². The molecule has 3 rings (SSSR count). The number of para-hydroxylation sites is 1. The van der Waals surface area contributed by atoms with Crippen LogP contribution in [0.2, 0.25) is 0 Å². The number of benzene rings is 2. The zero-order valence-electron chi connectivity index (χ0n) is 16.7. The van der Waals surface area contributed by atoms with Crippen molar-refractivity contribution in [2.75, 3.05) is 32.1 Å². The minimum atomic E-state index is -4.60. The summed E-state index contributed by atoms with van der Waals surface area (Å²) in [6, 6.07) is 9.91. The van der Waals surface area contributed by atoms with Crippen molar-refractivity contribution < 1.29 is 32.2 Å². The maximum absolute atomic E-state index is 13.0. The van der Waals surface area contributed by atoms with E-state index in [1.54, 1.807) is 24.3 Å². The van der Waals surface area contributed by atoms with Crippen LogP contribution in [0.3, 0.4) is 0 Å². The molecule has 1 N–H and O–H groups in total. The zero-order valence-corrected chi connectivity index (χ0v) is 16.7. The van der Waals surface area contributed by atoms with Crippen molar-refractivity contribution >= 4 is 23.6 Å². The fraction of sp³-hybridized carbons (Fsp3) is 0.273. The first-order valence-electron chi connectivity index (χ1n) is 9.53. The van der Waals surface area contributed by atoms with Gasteiger partial charge in [0.15, 0.2) is 11.5 Å². The Morgan fingerprint density at radius 3 is 2.55 bits per heavy atom. The Labute approximate surface area is 177 Å². The second kappa shape index (κ2) is 9.55. The Hall–Kier alpha value is -3.49. The van der Waals surface area contributed by atoms with Crippen LogP contribution >= 0.6 is 0 Å². The highest BCUT2D eigenvalue weighted by Gasteiger charge is 2.33. The van der Waals surface area contributed by atoms with E-state index >= 15 is 0 Å². The highest BCUT2D eigenvalue weighted by atomic mass is 19.4. The molecular formula is C22H21F3N2O4. The molecule has 0 bridgehead atoms. The van der Waals surface area contributed by atoms with Gasteiger partial charge in [-0.25, -0.2) is 0 Å². The highest BCUT2D eigenvalue weighted by molar-refractivity contribution is 5.98. The molecule has 0 atom stereocenters. The van der Waals surface area contributed by atoms with Gasteiger partial charge in [-0.2, -0.15) is 13.2 Å². The van der Waals surface area contributed by atoms with E-state index in [4.69, 9.17) is 9.47 Å². The molecule has 1 aliphatic heterocycles. The molecule has 1 aliphatic rings. The van der Waals surface area contributed by atoms with Crippen molar-refractivity contribution in [3.05, 3.63) is 59.7 Å². The van der Waals surface area contributed by atoms with Crippen molar-refractivity contribution in [2.45, 2.75) is 12.6 Å². The van der Waals surface area contributed by atoms with Crippen LogP contribution in [-0.2, 0) is 15.8 Å². The number of rotatable bonds is 5. The number of likely N-dealkylation sites (N-methyl/N-ethyl adjacent to an activating group) is 1. The monoisotopic (exact) mass is 434 g/mol. The van der Waals surface area contributed by atoms with Crippen molar-refractivity contribution in [2.24, 2.45) is 0 Å². The molecule has 0 fully saturated rings. The summed E-state index contributed by atoms with van der Waals surface area (Å²) in [5.74, 6) is -0.0000349. The Morgan fingerprint density at radius 2 is 1.81 bits per heavy atom. The normalized spacial score (nSPS) is 13.5. The lowest BCUT2D eigenvalue weighted by molar-refractivity contribution is -0.137. The van der Waals surface area contributed by atoms with Gasteiger partial charge in [0, 0.05) is 19.5 Å². The number of carbonyl (C=O) groups is 2. The highest BCUT2D eigenvalue weighted by Crippen LogP contribution is 2.34. The fourth-order valence-electron chi connectivity index (χ4n) is 2.90. The lowest BCUT2D eigenvalue weighted by atomic mass is 10.1. The third-order valence-corrected chi connectivity index (χ3v) is 4.45. The number of hydrogen-bond acceptors (Lipinski definition) is 4. The number of fused-ring (bicyclic) bond motifs is 1. The molecule has 164 valence electrons. The maximum Gasteiger partial charge on any atom is 0.418 e. The standard InChI is InChI=1S/C22H21F3N2O4/c1-27(14-20(28)26-17-6-3-2-5-16(17)22(23,24)25)21(29)10-8-15-7-9-18-19(13-15)31-12-4-11-30-18/h2-3,5-10,13H,4,11-12,14H2,1H3,(H,26,28)/b10-8+. The largest absolute Gasteiger partial charge is 0.490 e. The van der Waals surface area contributed by atoms with E-state index in [0.29, 0.717) is 30.3 Å². The third kappa shape index (κ3) is 6.00. The van der Waals surface area contributed by atoms with Crippen LogP contribution in [0.4, 0.5) is 18.9 Å². The number of alkyl halides is 3. The van der Waals surface area contributed by atoms with Gasteiger partial charge >= 0.3 is 6.18 Å². The summed E-state index contributed by atoms with van der Waals surface area (Å²) in [5, 5.41) is 2.21. The van der Waals surface area contributed by atoms with Gasteiger partial charge in [0.1, 0.15) is 0 Å². The lowest BCUT2D eigenvalue weighted by Gasteiger charge is -2.17. The smallest absolute Gasteiger partial charge is 0.418 e. The molecule has 1 heterocycles. The number of anilines is 1. The summed E-state index contributed by atoms with van der Waals surface area (Å²) in [4.78, 5) is 25.5. The van der Waals surface area contributed by atoms with Gasteiger partial charge in [-0.3, -0.25) is 9.59 Å². The minimum absolute atomic E-state index is 0.358. The van der Waals surface area contributed by atoms with Gasteiger partial charge in [-0.15, -0.1) is 0 Å². The second-order valence-electron chi connectivity index (χ2n) is 6.88. The lowest BCUT2D eigenvalue weighted by Crippen LogP contribution is -2.34. The van der Waals surface area contributed by atoms with E-state index in [0.717, 1.165) is 23.5 Å². The summed E-state index contributed by atoms with van der Waals surface area (Å²) in [5.41, 5.74) is -0.607. The molecule has 2 amide bonds. The Bertz CT molecular complexity index is 989. The number of halogens is 3. The summed E-state index contributed by atoms with van der Waals surface area (Å²) >= 11 is 0. The first-order valence-corrected chi connectivity index (χ1v) is 9.53. The Morgan fingerprint density at radius 1 is 1.10 bits per heavy atom. The van der Waals surface area contributed by atoms with Crippen LogP contribution in [0.1, 0.15) is 17.5 Å². The number of carbonyl (C=O) groups excluding carboxylic acids is 2. The number of amides is 2. The number of nitrogens with one attached hydrogen (secondary N) is 1. The summed E-state index contributed by atoms with van der Waals surface area (Å²) in [6.07, 6.45) is -0.990. The van der Waals surface area contributed by atoms with Crippen LogP contribution in [0.5, 0.6) is 11.5 Å². The van der Waals surface area contributed by atoms with Crippen LogP contribution < -0.4 is 14.8 Å². The van der Waals surface area contributed by atoms with Crippen molar-refractivity contribution in [1.82, 2.24) is 4.90 Å². The first-order chi connectivity index (χ1) is 14.7. The van der Waals surface area contributed by atoms with Crippen molar-refractivity contribution in [1.29, 1.82) is 0 Å². The molecule has 2 aromatic rings. The topological polar surface area (TPSA) is 67.9 Å². The zero-order chi connectivity index (χ0) is 22.4. The van der Waals surface area contributed by atoms with Gasteiger partial charge in [-0.1, -0.05) is 18.2 Å². The van der Waals surface area contributed by atoms with Crippen LogP contribution in [0, 0.1) is 0 Å². The average Bonchev–Trinajstić information content (AvgIpc) is 2.96. The summed E-state index contributed by atoms with van der Waals surface area (Å²) in [6.45, 7) is 0.700. The predicted molar refractivity (Wildman–Crippen MR) is 109 cm³/mol. The molecule has 0 radical (unpaired) electrons. The van der Waals surface area contributed by atoms with Crippen LogP contribution in [0.25, 0.3) is 6.08 Å². The van der Waals surface area contributed by atoms with Gasteiger partial charge in [-0.05, 0) is 35.9 Å². The van der Waals surface area contributed by atoms with Crippen LogP contribution in [-0.4, -0.2) is 43.5 Å². The predicted octanol–water partition coefficient (Wildman–Crippen LogP) is 3.98. The molecule has 0 aliphatic carbocycles.